The lowest BCUT2D eigenvalue weighted by Crippen LogP contribution is -2.26. The molecule has 0 saturated carbocycles. The minimum atomic E-state index is -0.241. The van der Waals surface area contributed by atoms with Gasteiger partial charge in [-0.3, -0.25) is 0 Å². The number of hydrogen-bond donors (Lipinski definition) is 0. The Morgan fingerprint density at radius 1 is 1.00 bits per heavy atom. The number of aromatic nitrogens is 2. The average molecular weight is 446 g/mol. The van der Waals surface area contributed by atoms with Gasteiger partial charge in [-0.05, 0) is 35.4 Å². The Morgan fingerprint density at radius 3 is 2.62 bits per heavy atom. The highest BCUT2D eigenvalue weighted by Gasteiger charge is 2.19. The molecule has 0 spiro atoms. The third-order valence-electron chi connectivity index (χ3n) is 5.01. The molecule has 4 aromatic rings. The highest BCUT2D eigenvalue weighted by atomic mass is 32.1. The summed E-state index contributed by atoms with van der Waals surface area (Å²) in [5.74, 6) is 1.37. The van der Waals surface area contributed by atoms with Gasteiger partial charge < -0.3 is 14.4 Å². The summed E-state index contributed by atoms with van der Waals surface area (Å²) in [5, 5.41) is 0. The molecule has 3 heterocycles. The first-order chi connectivity index (χ1) is 15.7. The molecule has 5 nitrogen and oxygen atoms in total. The Balaban J connectivity index is 1.47. The number of fused-ring (bicyclic) bond motifs is 1. The summed E-state index contributed by atoms with van der Waals surface area (Å²) in [4.78, 5) is 12.3. The summed E-state index contributed by atoms with van der Waals surface area (Å²) in [6.45, 7) is 1.46. The third-order valence-corrected chi connectivity index (χ3v) is 6.10. The second-order valence-corrected chi connectivity index (χ2v) is 8.38. The van der Waals surface area contributed by atoms with E-state index in [4.69, 9.17) is 9.47 Å². The number of hydrogen-bond acceptors (Lipinski definition) is 6. The van der Waals surface area contributed by atoms with Crippen LogP contribution in [-0.2, 0) is 16.0 Å². The van der Waals surface area contributed by atoms with Crippen molar-refractivity contribution in [3.8, 4) is 0 Å². The van der Waals surface area contributed by atoms with Crippen LogP contribution in [0.4, 0.5) is 10.2 Å². The highest BCUT2D eigenvalue weighted by molar-refractivity contribution is 7.20. The van der Waals surface area contributed by atoms with Crippen molar-refractivity contribution in [2.75, 3.05) is 18.2 Å². The fraction of sp³-hybridized carbons (Fsp3) is 0.120. The van der Waals surface area contributed by atoms with Crippen LogP contribution in [0.1, 0.15) is 16.0 Å². The molecular formula is C25H20FN3O2S. The molecule has 0 atom stereocenters. The number of rotatable bonds is 7. The minimum Gasteiger partial charge on any atom is -0.462 e. The topological polar surface area (TPSA) is 47.5 Å². The Hall–Kier alpha value is -3.71. The predicted octanol–water partition coefficient (Wildman–Crippen LogP) is 5.85. The summed E-state index contributed by atoms with van der Waals surface area (Å²) < 4.78 is 25.0. The smallest absolute Gasteiger partial charge is 0.229 e. The van der Waals surface area contributed by atoms with Gasteiger partial charge in [0, 0.05) is 11.4 Å². The molecule has 5 rings (SSSR count). The Kier molecular flexibility index (Phi) is 5.81. The zero-order valence-corrected chi connectivity index (χ0v) is 18.0. The van der Waals surface area contributed by atoms with Gasteiger partial charge in [-0.1, -0.05) is 48.5 Å². The molecule has 0 radical (unpaired) electrons. The molecular weight excluding hydrogens is 425 g/mol. The van der Waals surface area contributed by atoms with Gasteiger partial charge >= 0.3 is 0 Å². The molecule has 160 valence electrons. The zero-order chi connectivity index (χ0) is 21.8. The van der Waals surface area contributed by atoms with Crippen molar-refractivity contribution in [1.82, 2.24) is 9.97 Å². The van der Waals surface area contributed by atoms with Gasteiger partial charge in [-0.25, -0.2) is 14.4 Å². The summed E-state index contributed by atoms with van der Waals surface area (Å²) in [5.41, 5.74) is 2.99. The summed E-state index contributed by atoms with van der Waals surface area (Å²) in [6, 6.07) is 18.7. The fourth-order valence-electron chi connectivity index (χ4n) is 3.47. The van der Waals surface area contributed by atoms with Crippen LogP contribution >= 0.6 is 11.3 Å². The molecule has 32 heavy (non-hydrogen) atoms. The van der Waals surface area contributed by atoms with E-state index in [-0.39, 0.29) is 12.6 Å². The van der Waals surface area contributed by atoms with Crippen molar-refractivity contribution in [2.24, 2.45) is 0 Å². The van der Waals surface area contributed by atoms with Crippen LogP contribution in [-0.4, -0.2) is 23.3 Å². The van der Waals surface area contributed by atoms with E-state index in [0.717, 1.165) is 32.2 Å². The van der Waals surface area contributed by atoms with Crippen LogP contribution in [0.15, 0.2) is 79.0 Å². The predicted molar refractivity (Wildman–Crippen MR) is 125 cm³/mol. The Bertz CT molecular complexity index is 1270. The normalized spacial score (nSPS) is 13.2. The number of thiophene rings is 1. The zero-order valence-electron chi connectivity index (χ0n) is 17.1. The molecule has 7 heteroatoms. The molecule has 1 aliphatic heterocycles. The number of benzene rings is 2. The molecule has 2 aromatic carbocycles. The molecule has 0 saturated heterocycles. The maximum Gasteiger partial charge on any atom is 0.229 e. The molecule has 1 aliphatic rings. The fourth-order valence-corrected chi connectivity index (χ4v) is 4.50. The second-order valence-electron chi connectivity index (χ2n) is 7.30. The maximum atomic E-state index is 13.1. The molecule has 0 unspecified atom stereocenters. The van der Waals surface area contributed by atoms with E-state index in [1.807, 2.05) is 36.4 Å². The van der Waals surface area contributed by atoms with Crippen LogP contribution in [0.3, 0.4) is 0 Å². The largest absolute Gasteiger partial charge is 0.462 e. The number of nitrogens with zero attached hydrogens (tertiary/aromatic N) is 3. The van der Waals surface area contributed by atoms with Crippen molar-refractivity contribution in [3.05, 3.63) is 101 Å². The quantitative estimate of drug-likeness (QED) is 0.357. The Morgan fingerprint density at radius 2 is 1.84 bits per heavy atom. The number of halogens is 1. The summed E-state index contributed by atoms with van der Waals surface area (Å²) in [7, 11) is 0. The summed E-state index contributed by atoms with van der Waals surface area (Å²) >= 11 is 1.62. The van der Waals surface area contributed by atoms with Gasteiger partial charge in [0.05, 0.1) is 16.8 Å². The van der Waals surface area contributed by atoms with E-state index in [1.54, 1.807) is 36.1 Å². The standard InChI is InChI=1S/C25H20FN3O2S/c26-20-9-6-18(7-10-20)8-11-22-12-23-24(32-22)25(28-16-27-23)29(14-21-15-30-17-31-21)13-19-4-2-1-3-5-19/h1-12,15-16H,13-14,17H2. The second kappa shape index (κ2) is 9.20. The first kappa shape index (κ1) is 20.2. The first-order valence-electron chi connectivity index (χ1n) is 10.1. The Labute approximate surface area is 189 Å². The molecule has 0 N–H and O–H groups in total. The molecule has 2 aromatic heterocycles. The van der Waals surface area contributed by atoms with Crippen molar-refractivity contribution in [1.29, 1.82) is 0 Å². The maximum absolute atomic E-state index is 13.1. The van der Waals surface area contributed by atoms with Crippen LogP contribution in [0, 0.1) is 5.82 Å². The molecule has 0 amide bonds. The van der Waals surface area contributed by atoms with Crippen molar-refractivity contribution in [2.45, 2.75) is 6.54 Å². The lowest BCUT2D eigenvalue weighted by Gasteiger charge is -2.24. The summed E-state index contributed by atoms with van der Waals surface area (Å²) in [6.07, 6.45) is 7.23. The third kappa shape index (κ3) is 4.63. The molecule has 0 aliphatic carbocycles. The van der Waals surface area contributed by atoms with Crippen LogP contribution in [0.25, 0.3) is 22.4 Å². The van der Waals surface area contributed by atoms with Crippen LogP contribution in [0.2, 0.25) is 0 Å². The van der Waals surface area contributed by atoms with Crippen molar-refractivity contribution < 1.29 is 13.9 Å². The lowest BCUT2D eigenvalue weighted by molar-refractivity contribution is 0.0797. The monoisotopic (exact) mass is 445 g/mol. The van der Waals surface area contributed by atoms with Crippen molar-refractivity contribution >= 4 is 39.5 Å². The first-order valence-corrected chi connectivity index (χ1v) is 11.0. The molecule has 0 fully saturated rings. The van der Waals surface area contributed by atoms with Gasteiger partial charge in [0.25, 0.3) is 0 Å². The van der Waals surface area contributed by atoms with E-state index in [0.29, 0.717) is 13.1 Å². The average Bonchev–Trinajstić information content (AvgIpc) is 3.48. The minimum absolute atomic E-state index is 0.241. The number of ether oxygens (including phenoxy) is 2. The van der Waals surface area contributed by atoms with Crippen LogP contribution < -0.4 is 4.90 Å². The van der Waals surface area contributed by atoms with Gasteiger partial charge in [-0.15, -0.1) is 11.3 Å². The van der Waals surface area contributed by atoms with Gasteiger partial charge in [0.1, 0.15) is 18.4 Å². The van der Waals surface area contributed by atoms with Gasteiger partial charge in [0.2, 0.25) is 6.79 Å². The van der Waals surface area contributed by atoms with E-state index in [9.17, 15) is 4.39 Å². The highest BCUT2D eigenvalue weighted by Crippen LogP contribution is 2.33. The van der Waals surface area contributed by atoms with E-state index in [2.05, 4.69) is 27.0 Å². The van der Waals surface area contributed by atoms with Gasteiger partial charge in [0.15, 0.2) is 11.6 Å². The number of anilines is 1. The lowest BCUT2D eigenvalue weighted by atomic mass is 10.2. The van der Waals surface area contributed by atoms with Gasteiger partial charge in [-0.2, -0.15) is 0 Å². The van der Waals surface area contributed by atoms with Crippen molar-refractivity contribution in [3.63, 3.8) is 0 Å². The SMILES string of the molecule is Fc1ccc(C=Cc2cc3ncnc(N(CC4=COCO4)Cc4ccccc4)c3s2)cc1. The van der Waals surface area contributed by atoms with E-state index >= 15 is 0 Å². The van der Waals surface area contributed by atoms with Crippen LogP contribution in [0.5, 0.6) is 0 Å². The van der Waals surface area contributed by atoms with E-state index < -0.39 is 0 Å². The molecule has 0 bridgehead atoms. The van der Waals surface area contributed by atoms with E-state index in [1.165, 1.54) is 17.7 Å².